The Hall–Kier alpha value is -3.51. The van der Waals surface area contributed by atoms with Crippen LogP contribution < -0.4 is 10.6 Å². The number of rotatable bonds is 6. The van der Waals surface area contributed by atoms with Gasteiger partial charge >= 0.3 is 0 Å². The quantitative estimate of drug-likeness (QED) is 0.359. The molecule has 1 aromatic heterocycles. The minimum absolute atomic E-state index is 0.0805. The summed E-state index contributed by atoms with van der Waals surface area (Å²) in [5.41, 5.74) is 5.36. The van der Waals surface area contributed by atoms with Gasteiger partial charge in [0.1, 0.15) is 5.52 Å². The number of hydrogen-bond acceptors (Lipinski definition) is 4. The monoisotopic (exact) mass is 429 g/mol. The molecule has 0 radical (unpaired) electrons. The van der Waals surface area contributed by atoms with Gasteiger partial charge < -0.3 is 15.1 Å². The molecule has 0 bridgehead atoms. The van der Waals surface area contributed by atoms with Crippen molar-refractivity contribution in [3.05, 3.63) is 72.8 Å². The van der Waals surface area contributed by atoms with Gasteiger partial charge in [0.2, 0.25) is 11.8 Å². The molecule has 0 saturated heterocycles. The number of carbonyl (C=O) groups is 1. The first kappa shape index (κ1) is 20.8. The van der Waals surface area contributed by atoms with E-state index in [2.05, 4.69) is 39.9 Å². The number of benzene rings is 3. The maximum absolute atomic E-state index is 11.8. The lowest BCUT2D eigenvalue weighted by Gasteiger charge is -2.09. The van der Waals surface area contributed by atoms with Gasteiger partial charge in [0.25, 0.3) is 0 Å². The first-order chi connectivity index (χ1) is 15.1. The van der Waals surface area contributed by atoms with Crippen molar-refractivity contribution in [1.29, 1.82) is 0 Å². The Labute approximate surface area is 186 Å². The third-order valence-corrected chi connectivity index (χ3v) is 5.10. The van der Waals surface area contributed by atoms with Gasteiger partial charge in [0.15, 0.2) is 10.7 Å². The van der Waals surface area contributed by atoms with Crippen molar-refractivity contribution in [3.63, 3.8) is 0 Å². The Morgan fingerprint density at radius 1 is 0.968 bits per heavy atom. The first-order valence-electron chi connectivity index (χ1n) is 10.3. The van der Waals surface area contributed by atoms with Crippen LogP contribution in [0.4, 0.5) is 5.69 Å². The number of thiocarbonyl (C=S) groups is 1. The lowest BCUT2D eigenvalue weighted by atomic mass is 10.0. The topological polar surface area (TPSA) is 67.2 Å². The Balaban J connectivity index is 1.47. The maximum Gasteiger partial charge on any atom is 0.227 e. The molecule has 2 N–H and O–H groups in total. The average molecular weight is 430 g/mol. The van der Waals surface area contributed by atoms with Gasteiger partial charge in [-0.05, 0) is 60.1 Å². The molecule has 1 amide bonds. The van der Waals surface area contributed by atoms with E-state index < -0.39 is 0 Å². The number of nitrogens with one attached hydrogen (secondary N) is 2. The van der Waals surface area contributed by atoms with Crippen LogP contribution in [0.3, 0.4) is 0 Å². The molecule has 0 saturated carbocycles. The van der Waals surface area contributed by atoms with Crippen molar-refractivity contribution < 1.29 is 9.21 Å². The molecule has 31 heavy (non-hydrogen) atoms. The molecule has 0 aliphatic heterocycles. The molecule has 3 aromatic carbocycles. The van der Waals surface area contributed by atoms with E-state index in [-0.39, 0.29) is 11.0 Å². The molecule has 0 aliphatic rings. The Bertz CT molecular complexity index is 1200. The van der Waals surface area contributed by atoms with Crippen LogP contribution in [0.25, 0.3) is 33.7 Å². The van der Waals surface area contributed by atoms with Crippen LogP contribution in [0.1, 0.15) is 26.2 Å². The summed E-state index contributed by atoms with van der Waals surface area (Å²) in [5, 5.41) is 6.01. The molecule has 4 aromatic rings. The second-order valence-corrected chi connectivity index (χ2v) is 7.66. The van der Waals surface area contributed by atoms with Gasteiger partial charge in [-0.2, -0.15) is 0 Å². The van der Waals surface area contributed by atoms with E-state index in [9.17, 15) is 4.79 Å². The van der Waals surface area contributed by atoms with Crippen LogP contribution in [-0.4, -0.2) is 16.0 Å². The third kappa shape index (κ3) is 5.16. The highest BCUT2D eigenvalue weighted by atomic mass is 32.1. The zero-order chi connectivity index (χ0) is 21.6. The predicted octanol–water partition coefficient (Wildman–Crippen LogP) is 6.17. The summed E-state index contributed by atoms with van der Waals surface area (Å²) in [5.74, 6) is 0.477. The molecule has 6 heteroatoms. The predicted molar refractivity (Wildman–Crippen MR) is 129 cm³/mol. The van der Waals surface area contributed by atoms with E-state index in [1.54, 1.807) is 0 Å². The van der Waals surface area contributed by atoms with Crippen LogP contribution in [0, 0.1) is 0 Å². The SMILES string of the molecule is CCCCC(=O)NC(=S)Nc1ccc2oc(-c3ccc(-c4ccccc4)cc3)nc2c1. The molecule has 1 heterocycles. The second-order valence-electron chi connectivity index (χ2n) is 7.25. The minimum atomic E-state index is -0.0805. The van der Waals surface area contributed by atoms with Crippen molar-refractivity contribution >= 4 is 40.0 Å². The number of unbranched alkanes of at least 4 members (excludes halogenated alkanes) is 1. The molecule has 5 nitrogen and oxygen atoms in total. The largest absolute Gasteiger partial charge is 0.436 e. The summed E-state index contributed by atoms with van der Waals surface area (Å²) in [6, 6.07) is 23.9. The lowest BCUT2D eigenvalue weighted by molar-refractivity contribution is -0.119. The van der Waals surface area contributed by atoms with Gasteiger partial charge in [0, 0.05) is 17.7 Å². The number of aromatic nitrogens is 1. The van der Waals surface area contributed by atoms with Crippen molar-refractivity contribution in [1.82, 2.24) is 10.3 Å². The van der Waals surface area contributed by atoms with Crippen LogP contribution in [0.15, 0.2) is 77.2 Å². The van der Waals surface area contributed by atoms with Crippen molar-refractivity contribution in [3.8, 4) is 22.6 Å². The van der Waals surface area contributed by atoms with Crippen molar-refractivity contribution in [2.24, 2.45) is 0 Å². The standard InChI is InChI=1S/C25H23N3O2S/c1-2-3-9-23(29)28-25(31)26-20-14-15-22-21(16-20)27-24(30-22)19-12-10-18(11-13-19)17-7-5-4-6-8-17/h4-8,10-16H,2-3,9H2,1H3,(H2,26,28,29,31). The van der Waals surface area contributed by atoms with Crippen LogP contribution in [-0.2, 0) is 4.79 Å². The first-order valence-corrected chi connectivity index (χ1v) is 10.7. The average Bonchev–Trinajstić information content (AvgIpc) is 3.22. The molecular formula is C25H23N3O2S. The maximum atomic E-state index is 11.8. The Morgan fingerprint density at radius 3 is 2.42 bits per heavy atom. The lowest BCUT2D eigenvalue weighted by Crippen LogP contribution is -2.33. The van der Waals surface area contributed by atoms with E-state index in [4.69, 9.17) is 16.6 Å². The minimum Gasteiger partial charge on any atom is -0.436 e. The number of amides is 1. The Morgan fingerprint density at radius 2 is 1.68 bits per heavy atom. The summed E-state index contributed by atoms with van der Waals surface area (Å²) in [7, 11) is 0. The molecule has 0 aliphatic carbocycles. The number of nitrogens with zero attached hydrogens (tertiary/aromatic N) is 1. The highest BCUT2D eigenvalue weighted by Crippen LogP contribution is 2.28. The fraction of sp³-hybridized carbons (Fsp3) is 0.160. The second kappa shape index (κ2) is 9.53. The van der Waals surface area contributed by atoms with Crippen molar-refractivity contribution in [2.75, 3.05) is 5.32 Å². The van der Waals surface area contributed by atoms with Crippen LogP contribution in [0.2, 0.25) is 0 Å². The van der Waals surface area contributed by atoms with Gasteiger partial charge in [-0.25, -0.2) is 4.98 Å². The van der Waals surface area contributed by atoms with Gasteiger partial charge in [0.05, 0.1) is 0 Å². The number of oxazole rings is 1. The van der Waals surface area contributed by atoms with E-state index in [0.29, 0.717) is 23.4 Å². The van der Waals surface area contributed by atoms with Gasteiger partial charge in [-0.15, -0.1) is 0 Å². The summed E-state index contributed by atoms with van der Waals surface area (Å²) >= 11 is 5.23. The summed E-state index contributed by atoms with van der Waals surface area (Å²) < 4.78 is 5.93. The summed E-state index contributed by atoms with van der Waals surface area (Å²) in [4.78, 5) is 16.4. The van der Waals surface area contributed by atoms with Crippen LogP contribution >= 0.6 is 12.2 Å². The van der Waals surface area contributed by atoms with Crippen molar-refractivity contribution in [2.45, 2.75) is 26.2 Å². The smallest absolute Gasteiger partial charge is 0.227 e. The summed E-state index contributed by atoms with van der Waals surface area (Å²) in [6.45, 7) is 2.04. The molecule has 4 rings (SSSR count). The summed E-state index contributed by atoms with van der Waals surface area (Å²) in [6.07, 6.45) is 2.27. The molecule has 0 fully saturated rings. The zero-order valence-corrected chi connectivity index (χ0v) is 18.0. The fourth-order valence-corrected chi connectivity index (χ4v) is 3.49. The third-order valence-electron chi connectivity index (χ3n) is 4.89. The number of carbonyl (C=O) groups excluding carboxylic acids is 1. The van der Waals surface area contributed by atoms with E-state index in [1.165, 1.54) is 5.56 Å². The van der Waals surface area contributed by atoms with E-state index in [0.717, 1.165) is 29.7 Å². The normalized spacial score (nSPS) is 10.7. The molecule has 0 spiro atoms. The van der Waals surface area contributed by atoms with Gasteiger partial charge in [-0.3, -0.25) is 4.79 Å². The molecule has 156 valence electrons. The number of fused-ring (bicyclic) bond motifs is 1. The fourth-order valence-electron chi connectivity index (χ4n) is 3.25. The van der Waals surface area contributed by atoms with E-state index in [1.807, 2.05) is 55.5 Å². The highest BCUT2D eigenvalue weighted by molar-refractivity contribution is 7.80. The molecule has 0 atom stereocenters. The Kier molecular flexibility index (Phi) is 6.38. The molecule has 0 unspecified atom stereocenters. The zero-order valence-electron chi connectivity index (χ0n) is 17.2. The number of anilines is 1. The number of hydrogen-bond donors (Lipinski definition) is 2. The molecular weight excluding hydrogens is 406 g/mol. The van der Waals surface area contributed by atoms with Gasteiger partial charge in [-0.1, -0.05) is 55.8 Å². The highest BCUT2D eigenvalue weighted by Gasteiger charge is 2.10. The van der Waals surface area contributed by atoms with E-state index >= 15 is 0 Å². The van der Waals surface area contributed by atoms with Crippen LogP contribution in [0.5, 0.6) is 0 Å².